The third kappa shape index (κ3) is 2.17. The van der Waals surface area contributed by atoms with Gasteiger partial charge in [0, 0.05) is 6.42 Å². The summed E-state index contributed by atoms with van der Waals surface area (Å²) in [6.45, 7) is 0.756. The highest BCUT2D eigenvalue weighted by Crippen LogP contribution is 2.35. The lowest BCUT2D eigenvalue weighted by Gasteiger charge is -2.12. The summed E-state index contributed by atoms with van der Waals surface area (Å²) in [5, 5.41) is 0. The second-order valence-electron chi connectivity index (χ2n) is 5.10. The standard InChI is InChI=1S/C16H12BrNO3/c17-15(10-2-4-13-9(7-10)5-6-20-13)11-1-3-12-14(8-11)21-16(19)18-12/h1-4,7-8,15H,5-6H2,(H,18,19). The molecule has 2 heterocycles. The van der Waals surface area contributed by atoms with E-state index in [-0.39, 0.29) is 4.83 Å². The zero-order chi connectivity index (χ0) is 14.4. The Labute approximate surface area is 128 Å². The number of nitrogens with one attached hydrogen (secondary N) is 1. The molecule has 0 fully saturated rings. The fourth-order valence-corrected chi connectivity index (χ4v) is 3.25. The third-order valence-corrected chi connectivity index (χ3v) is 4.80. The Morgan fingerprint density at radius 3 is 2.86 bits per heavy atom. The molecule has 0 amide bonds. The highest BCUT2D eigenvalue weighted by atomic mass is 79.9. The minimum atomic E-state index is -0.428. The molecule has 2 aromatic carbocycles. The third-order valence-electron chi connectivity index (χ3n) is 3.74. The molecule has 1 N–H and O–H groups in total. The lowest BCUT2D eigenvalue weighted by atomic mass is 10.0. The highest BCUT2D eigenvalue weighted by molar-refractivity contribution is 9.09. The lowest BCUT2D eigenvalue weighted by Crippen LogP contribution is -1.93. The van der Waals surface area contributed by atoms with Crippen LogP contribution >= 0.6 is 15.9 Å². The van der Waals surface area contributed by atoms with Crippen molar-refractivity contribution < 1.29 is 9.15 Å². The van der Waals surface area contributed by atoms with Gasteiger partial charge in [0.15, 0.2) is 5.58 Å². The smallest absolute Gasteiger partial charge is 0.417 e. The number of halogens is 1. The number of aromatic amines is 1. The molecule has 0 saturated heterocycles. The van der Waals surface area contributed by atoms with Gasteiger partial charge < -0.3 is 9.15 Å². The van der Waals surface area contributed by atoms with Crippen molar-refractivity contribution in [3.8, 4) is 5.75 Å². The zero-order valence-corrected chi connectivity index (χ0v) is 12.6. The number of hydrogen-bond donors (Lipinski definition) is 1. The highest BCUT2D eigenvalue weighted by Gasteiger charge is 2.17. The minimum absolute atomic E-state index is 0.0491. The van der Waals surface area contributed by atoms with Crippen molar-refractivity contribution in [1.82, 2.24) is 4.98 Å². The van der Waals surface area contributed by atoms with Crippen LogP contribution < -0.4 is 10.5 Å². The van der Waals surface area contributed by atoms with Gasteiger partial charge in [0.2, 0.25) is 0 Å². The first kappa shape index (κ1) is 12.7. The van der Waals surface area contributed by atoms with Crippen molar-refractivity contribution in [2.24, 2.45) is 0 Å². The summed E-state index contributed by atoms with van der Waals surface area (Å²) < 4.78 is 10.6. The molecule has 0 spiro atoms. The van der Waals surface area contributed by atoms with E-state index in [1.54, 1.807) is 0 Å². The Kier molecular flexibility index (Phi) is 2.89. The van der Waals surface area contributed by atoms with E-state index in [1.807, 2.05) is 24.3 Å². The molecule has 0 bridgehead atoms. The number of oxazole rings is 1. The fourth-order valence-electron chi connectivity index (χ4n) is 2.68. The van der Waals surface area contributed by atoms with Gasteiger partial charge in [-0.3, -0.25) is 4.98 Å². The molecular weight excluding hydrogens is 334 g/mol. The van der Waals surface area contributed by atoms with Gasteiger partial charge in [0.25, 0.3) is 0 Å². The summed E-state index contributed by atoms with van der Waals surface area (Å²) in [5.41, 5.74) is 4.74. The molecule has 0 aliphatic carbocycles. The Bertz CT molecular complexity index is 881. The van der Waals surface area contributed by atoms with E-state index in [1.165, 1.54) is 5.56 Å². The SMILES string of the molecule is O=c1[nH]c2ccc(C(Br)c3ccc4c(c3)CCO4)cc2o1. The molecule has 106 valence electrons. The van der Waals surface area contributed by atoms with Crippen molar-refractivity contribution in [1.29, 1.82) is 0 Å². The maximum absolute atomic E-state index is 11.2. The Morgan fingerprint density at radius 2 is 1.95 bits per heavy atom. The Hall–Kier alpha value is -2.01. The molecule has 3 aromatic rings. The monoisotopic (exact) mass is 345 g/mol. The molecule has 5 heteroatoms. The first-order chi connectivity index (χ1) is 10.2. The number of ether oxygens (including phenoxy) is 1. The number of rotatable bonds is 2. The number of H-pyrrole nitrogens is 1. The van der Waals surface area contributed by atoms with E-state index in [9.17, 15) is 4.79 Å². The lowest BCUT2D eigenvalue weighted by molar-refractivity contribution is 0.357. The van der Waals surface area contributed by atoms with Gasteiger partial charge >= 0.3 is 5.76 Å². The van der Waals surface area contributed by atoms with E-state index in [4.69, 9.17) is 9.15 Å². The van der Waals surface area contributed by atoms with Crippen LogP contribution in [0.25, 0.3) is 11.1 Å². The van der Waals surface area contributed by atoms with Gasteiger partial charge in [-0.2, -0.15) is 0 Å². The van der Waals surface area contributed by atoms with Gasteiger partial charge in [-0.15, -0.1) is 0 Å². The summed E-state index contributed by atoms with van der Waals surface area (Å²) in [4.78, 5) is 13.9. The first-order valence-corrected chi connectivity index (χ1v) is 7.65. The van der Waals surface area contributed by atoms with Crippen molar-refractivity contribution in [3.05, 3.63) is 63.6 Å². The molecule has 1 atom stereocenters. The van der Waals surface area contributed by atoms with Crippen LogP contribution in [0.15, 0.2) is 45.6 Å². The Morgan fingerprint density at radius 1 is 1.14 bits per heavy atom. The molecule has 1 aromatic heterocycles. The minimum Gasteiger partial charge on any atom is -0.493 e. The van der Waals surface area contributed by atoms with Gasteiger partial charge in [-0.1, -0.05) is 34.1 Å². The summed E-state index contributed by atoms with van der Waals surface area (Å²) in [5.74, 6) is 0.550. The zero-order valence-electron chi connectivity index (χ0n) is 11.1. The second-order valence-corrected chi connectivity index (χ2v) is 6.01. The van der Waals surface area contributed by atoms with E-state index in [0.717, 1.165) is 29.9 Å². The number of aromatic nitrogens is 1. The molecule has 21 heavy (non-hydrogen) atoms. The summed E-state index contributed by atoms with van der Waals surface area (Å²) in [6, 6.07) is 12.0. The van der Waals surface area contributed by atoms with Gasteiger partial charge in [-0.25, -0.2) is 4.79 Å². The molecule has 0 radical (unpaired) electrons. The largest absolute Gasteiger partial charge is 0.493 e. The van der Waals surface area contributed by atoms with Gasteiger partial charge in [0.1, 0.15) is 5.75 Å². The second kappa shape index (κ2) is 4.77. The van der Waals surface area contributed by atoms with E-state index >= 15 is 0 Å². The number of fused-ring (bicyclic) bond motifs is 2. The molecule has 1 aliphatic heterocycles. The topological polar surface area (TPSA) is 55.2 Å². The van der Waals surface area contributed by atoms with Crippen LogP contribution in [0.1, 0.15) is 21.5 Å². The van der Waals surface area contributed by atoms with Gasteiger partial charge in [-0.05, 0) is 34.9 Å². The summed E-state index contributed by atoms with van der Waals surface area (Å²) in [7, 11) is 0. The summed E-state index contributed by atoms with van der Waals surface area (Å²) in [6.07, 6.45) is 0.953. The van der Waals surface area contributed by atoms with Crippen LogP contribution in [-0.2, 0) is 6.42 Å². The number of benzene rings is 2. The average molecular weight is 346 g/mol. The number of hydrogen-bond acceptors (Lipinski definition) is 3. The maximum Gasteiger partial charge on any atom is 0.417 e. The van der Waals surface area contributed by atoms with Crippen LogP contribution in [-0.4, -0.2) is 11.6 Å². The maximum atomic E-state index is 11.2. The van der Waals surface area contributed by atoms with Crippen LogP contribution in [0, 0.1) is 0 Å². The Balaban J connectivity index is 1.75. The predicted molar refractivity (Wildman–Crippen MR) is 83.2 cm³/mol. The average Bonchev–Trinajstić information content (AvgIpc) is 3.09. The van der Waals surface area contributed by atoms with Crippen LogP contribution in [0.4, 0.5) is 0 Å². The van der Waals surface area contributed by atoms with E-state index < -0.39 is 5.76 Å². The molecule has 0 saturated carbocycles. The van der Waals surface area contributed by atoms with E-state index in [2.05, 4.69) is 33.0 Å². The van der Waals surface area contributed by atoms with E-state index in [0.29, 0.717) is 11.1 Å². The molecule has 4 rings (SSSR count). The van der Waals surface area contributed by atoms with Crippen LogP contribution in [0.3, 0.4) is 0 Å². The predicted octanol–water partition coefficient (Wildman–Crippen LogP) is 3.54. The van der Waals surface area contributed by atoms with Crippen LogP contribution in [0.2, 0.25) is 0 Å². The fraction of sp³-hybridized carbons (Fsp3) is 0.188. The molecule has 1 unspecified atom stereocenters. The normalized spacial score (nSPS) is 14.9. The van der Waals surface area contributed by atoms with Crippen molar-refractivity contribution in [2.75, 3.05) is 6.61 Å². The number of alkyl halides is 1. The summed E-state index contributed by atoms with van der Waals surface area (Å²) >= 11 is 3.72. The van der Waals surface area contributed by atoms with Crippen molar-refractivity contribution in [2.45, 2.75) is 11.2 Å². The van der Waals surface area contributed by atoms with Gasteiger partial charge in [0.05, 0.1) is 17.0 Å². The molecular formula is C16H12BrNO3. The van der Waals surface area contributed by atoms with Crippen LogP contribution in [0.5, 0.6) is 5.75 Å². The quantitative estimate of drug-likeness (QED) is 0.722. The molecule has 1 aliphatic rings. The van der Waals surface area contributed by atoms with Crippen molar-refractivity contribution >= 4 is 27.0 Å². The van der Waals surface area contributed by atoms with Crippen molar-refractivity contribution in [3.63, 3.8) is 0 Å². The first-order valence-electron chi connectivity index (χ1n) is 6.73. The molecule has 4 nitrogen and oxygen atoms in total.